The summed E-state index contributed by atoms with van der Waals surface area (Å²) in [5.41, 5.74) is 3.27. The number of carbonyl (C=O) groups is 2. The highest BCUT2D eigenvalue weighted by molar-refractivity contribution is 6.30. The van der Waals surface area contributed by atoms with Crippen molar-refractivity contribution in [2.45, 2.75) is 32.1 Å². The molecule has 1 amide bonds. The van der Waals surface area contributed by atoms with E-state index < -0.39 is 0 Å². The summed E-state index contributed by atoms with van der Waals surface area (Å²) < 4.78 is 4.83. The molecule has 0 N–H and O–H groups in total. The molecule has 0 saturated carbocycles. The zero-order valence-electron chi connectivity index (χ0n) is 14.9. The fourth-order valence-electron chi connectivity index (χ4n) is 3.13. The van der Waals surface area contributed by atoms with Crippen LogP contribution in [0, 0.1) is 0 Å². The zero-order chi connectivity index (χ0) is 18.7. The van der Waals surface area contributed by atoms with E-state index in [1.165, 1.54) is 7.11 Å². The van der Waals surface area contributed by atoms with Crippen molar-refractivity contribution in [2.75, 3.05) is 18.6 Å². The normalized spacial score (nSPS) is 14.5. The largest absolute Gasteiger partial charge is 0.452 e. The van der Waals surface area contributed by atoms with Crippen LogP contribution in [0.15, 0.2) is 36.4 Å². The van der Waals surface area contributed by atoms with Crippen molar-refractivity contribution in [2.24, 2.45) is 0 Å². The van der Waals surface area contributed by atoms with E-state index in [0.717, 1.165) is 35.5 Å². The lowest BCUT2D eigenvalue weighted by Gasteiger charge is -2.28. The molecule has 2 aromatic rings. The van der Waals surface area contributed by atoms with E-state index >= 15 is 0 Å². The Morgan fingerprint density at radius 1 is 1.23 bits per heavy atom. The predicted molar refractivity (Wildman–Crippen MR) is 101 cm³/mol. The molecular weight excluding hydrogens is 352 g/mol. The van der Waals surface area contributed by atoms with Gasteiger partial charge in [-0.2, -0.15) is 0 Å². The summed E-state index contributed by atoms with van der Waals surface area (Å²) in [4.78, 5) is 30.8. The van der Waals surface area contributed by atoms with Gasteiger partial charge in [0.2, 0.25) is 0 Å². The SMILES string of the molecule is COC(=O)N1CCCc2nc(C(C)C(=O)Cc3ccc(Cl)cc3)ccc21. The van der Waals surface area contributed by atoms with Gasteiger partial charge >= 0.3 is 6.09 Å². The summed E-state index contributed by atoms with van der Waals surface area (Å²) >= 11 is 5.89. The van der Waals surface area contributed by atoms with E-state index in [4.69, 9.17) is 16.3 Å². The average Bonchev–Trinajstić information content (AvgIpc) is 2.67. The first-order chi connectivity index (χ1) is 12.5. The highest BCUT2D eigenvalue weighted by Crippen LogP contribution is 2.28. The van der Waals surface area contributed by atoms with Gasteiger partial charge in [0.1, 0.15) is 5.78 Å². The molecule has 0 aliphatic carbocycles. The maximum absolute atomic E-state index is 12.6. The Morgan fingerprint density at radius 2 is 1.96 bits per heavy atom. The van der Waals surface area contributed by atoms with Gasteiger partial charge in [0.05, 0.1) is 30.1 Å². The molecule has 1 aromatic heterocycles. The van der Waals surface area contributed by atoms with Crippen molar-refractivity contribution in [3.8, 4) is 0 Å². The summed E-state index contributed by atoms with van der Waals surface area (Å²) in [5.74, 6) is -0.218. The zero-order valence-corrected chi connectivity index (χ0v) is 15.6. The minimum absolute atomic E-state index is 0.0976. The van der Waals surface area contributed by atoms with Crippen LogP contribution >= 0.6 is 11.6 Å². The van der Waals surface area contributed by atoms with Crippen LogP contribution < -0.4 is 4.90 Å². The molecule has 0 radical (unpaired) electrons. The first-order valence-corrected chi connectivity index (χ1v) is 9.00. The smallest absolute Gasteiger partial charge is 0.414 e. The Labute approximate surface area is 157 Å². The molecule has 1 unspecified atom stereocenters. The van der Waals surface area contributed by atoms with E-state index in [1.807, 2.05) is 31.2 Å². The molecule has 1 aliphatic heterocycles. The fourth-order valence-corrected chi connectivity index (χ4v) is 3.25. The first kappa shape index (κ1) is 18.4. The number of ketones is 1. The number of nitrogens with zero attached hydrogens (tertiary/aromatic N) is 2. The summed E-state index contributed by atoms with van der Waals surface area (Å²) in [6, 6.07) is 11.0. The standard InChI is InChI=1S/C20H21ClN2O3/c1-13(19(24)12-14-5-7-15(21)8-6-14)16-9-10-18-17(22-16)4-3-11-23(18)20(25)26-2/h5-10,13H,3-4,11-12H2,1-2H3. The number of Topliss-reactive ketones (excluding diaryl/α,β-unsaturated/α-hetero) is 1. The van der Waals surface area contributed by atoms with Crippen molar-refractivity contribution in [1.29, 1.82) is 0 Å². The molecule has 1 aliphatic rings. The van der Waals surface area contributed by atoms with Crippen LogP contribution in [-0.2, 0) is 22.4 Å². The lowest BCUT2D eigenvalue weighted by atomic mass is 9.95. The number of ether oxygens (including phenoxy) is 1. The monoisotopic (exact) mass is 372 g/mol. The van der Waals surface area contributed by atoms with Gasteiger partial charge in [-0.15, -0.1) is 0 Å². The number of aromatic nitrogens is 1. The molecule has 3 rings (SSSR count). The molecule has 1 atom stereocenters. The van der Waals surface area contributed by atoms with Gasteiger partial charge in [-0.05, 0) is 49.6 Å². The average molecular weight is 373 g/mol. The Morgan fingerprint density at radius 3 is 2.65 bits per heavy atom. The Bertz CT molecular complexity index is 820. The molecule has 6 heteroatoms. The van der Waals surface area contributed by atoms with E-state index in [9.17, 15) is 9.59 Å². The number of rotatable bonds is 4. The van der Waals surface area contributed by atoms with E-state index in [-0.39, 0.29) is 17.8 Å². The van der Waals surface area contributed by atoms with Crippen molar-refractivity contribution in [1.82, 2.24) is 4.98 Å². The molecule has 5 nitrogen and oxygen atoms in total. The number of halogens is 1. The summed E-state index contributed by atoms with van der Waals surface area (Å²) in [5, 5.41) is 0.653. The van der Waals surface area contributed by atoms with Gasteiger partial charge < -0.3 is 4.74 Å². The molecule has 0 bridgehead atoms. The number of aryl methyl sites for hydroxylation is 1. The van der Waals surface area contributed by atoms with Crippen LogP contribution in [0.4, 0.5) is 10.5 Å². The van der Waals surface area contributed by atoms with Crippen molar-refractivity contribution in [3.63, 3.8) is 0 Å². The van der Waals surface area contributed by atoms with E-state index in [2.05, 4.69) is 4.98 Å². The van der Waals surface area contributed by atoms with Crippen molar-refractivity contribution < 1.29 is 14.3 Å². The first-order valence-electron chi connectivity index (χ1n) is 8.62. The Hall–Kier alpha value is -2.40. The third-order valence-electron chi connectivity index (χ3n) is 4.67. The Kier molecular flexibility index (Phi) is 5.57. The number of fused-ring (bicyclic) bond motifs is 1. The lowest BCUT2D eigenvalue weighted by molar-refractivity contribution is -0.119. The molecule has 0 fully saturated rings. The lowest BCUT2D eigenvalue weighted by Crippen LogP contribution is -2.35. The third kappa shape index (κ3) is 3.88. The highest BCUT2D eigenvalue weighted by atomic mass is 35.5. The van der Waals surface area contributed by atoms with Crippen LogP contribution in [0.1, 0.15) is 36.2 Å². The summed E-state index contributed by atoms with van der Waals surface area (Å²) in [6.45, 7) is 2.49. The molecule has 2 heterocycles. The van der Waals surface area contributed by atoms with Gasteiger partial charge in [0.25, 0.3) is 0 Å². The predicted octanol–water partition coefficient (Wildman–Crippen LogP) is 4.17. The number of amides is 1. The number of pyridine rings is 1. The molecule has 26 heavy (non-hydrogen) atoms. The van der Waals surface area contributed by atoms with Crippen LogP contribution in [0.25, 0.3) is 0 Å². The van der Waals surface area contributed by atoms with Crippen molar-refractivity contribution in [3.05, 3.63) is 58.4 Å². The number of carbonyl (C=O) groups excluding carboxylic acids is 2. The minimum atomic E-state index is -0.382. The molecular formula is C20H21ClN2O3. The van der Waals surface area contributed by atoms with Gasteiger partial charge in [-0.1, -0.05) is 23.7 Å². The second kappa shape index (κ2) is 7.87. The fraction of sp³-hybridized carbons (Fsp3) is 0.350. The number of hydrogen-bond donors (Lipinski definition) is 0. The summed E-state index contributed by atoms with van der Waals surface area (Å²) in [7, 11) is 1.37. The van der Waals surface area contributed by atoms with Gasteiger partial charge in [-0.3, -0.25) is 14.7 Å². The quantitative estimate of drug-likeness (QED) is 0.808. The molecule has 1 aromatic carbocycles. The molecule has 136 valence electrons. The second-order valence-corrected chi connectivity index (χ2v) is 6.85. The van der Waals surface area contributed by atoms with Crippen LogP contribution in [0.3, 0.4) is 0 Å². The number of anilines is 1. The van der Waals surface area contributed by atoms with Crippen LogP contribution in [0.2, 0.25) is 5.02 Å². The van der Waals surface area contributed by atoms with Gasteiger partial charge in [-0.25, -0.2) is 4.79 Å². The third-order valence-corrected chi connectivity index (χ3v) is 4.92. The maximum Gasteiger partial charge on any atom is 0.414 e. The summed E-state index contributed by atoms with van der Waals surface area (Å²) in [6.07, 6.45) is 1.57. The topological polar surface area (TPSA) is 59.5 Å². The number of methoxy groups -OCH3 is 1. The Balaban J connectivity index is 1.77. The van der Waals surface area contributed by atoms with E-state index in [1.54, 1.807) is 17.0 Å². The minimum Gasteiger partial charge on any atom is -0.452 e. The molecule has 0 saturated heterocycles. The maximum atomic E-state index is 12.6. The second-order valence-electron chi connectivity index (χ2n) is 6.42. The van der Waals surface area contributed by atoms with Gasteiger partial charge in [0, 0.05) is 18.0 Å². The van der Waals surface area contributed by atoms with Crippen LogP contribution in [0.5, 0.6) is 0 Å². The highest BCUT2D eigenvalue weighted by Gasteiger charge is 2.26. The number of hydrogen-bond acceptors (Lipinski definition) is 4. The molecule has 0 spiro atoms. The van der Waals surface area contributed by atoms with Crippen LogP contribution in [-0.4, -0.2) is 30.5 Å². The van der Waals surface area contributed by atoms with E-state index in [0.29, 0.717) is 18.0 Å². The van der Waals surface area contributed by atoms with Crippen molar-refractivity contribution >= 4 is 29.2 Å². The van der Waals surface area contributed by atoms with Gasteiger partial charge in [0.15, 0.2) is 0 Å². The number of benzene rings is 1.